The Morgan fingerprint density at radius 2 is 1.90 bits per heavy atom. The predicted octanol–water partition coefficient (Wildman–Crippen LogP) is 5.08. The molecular weight excluding hydrogens is 284 g/mol. The van der Waals surface area contributed by atoms with Crippen LogP contribution in [-0.2, 0) is 5.41 Å². The summed E-state index contributed by atoms with van der Waals surface area (Å²) in [4.78, 5) is 4.24. The molecule has 0 atom stereocenters. The van der Waals surface area contributed by atoms with Gasteiger partial charge in [0.25, 0.3) is 0 Å². The maximum atomic E-state index is 6.34. The average molecular weight is 301 g/mol. The largest absolute Gasteiger partial charge is 0.456 e. The molecule has 1 aromatic carbocycles. The fourth-order valence-electron chi connectivity index (χ4n) is 2.13. The molecule has 0 radical (unpaired) electrons. The summed E-state index contributed by atoms with van der Waals surface area (Å²) in [7, 11) is 0. The van der Waals surface area contributed by atoms with Crippen molar-refractivity contribution in [2.75, 3.05) is 0 Å². The highest BCUT2D eigenvalue weighted by molar-refractivity contribution is 6.32. The van der Waals surface area contributed by atoms with Gasteiger partial charge < -0.3 is 9.14 Å². The number of hydrogen-bond acceptors (Lipinski definition) is 2. The highest BCUT2D eigenvalue weighted by Crippen LogP contribution is 2.33. The third-order valence-electron chi connectivity index (χ3n) is 3.40. The molecular formula is C17H17ClN2O. The van der Waals surface area contributed by atoms with Crippen molar-refractivity contribution in [3.63, 3.8) is 0 Å². The van der Waals surface area contributed by atoms with E-state index in [9.17, 15) is 0 Å². The van der Waals surface area contributed by atoms with Crippen LogP contribution in [0, 0.1) is 0 Å². The SMILES string of the molecule is CC(C)(C)c1ccc(Oc2ccn3ccnc3c2)c(Cl)c1. The molecule has 21 heavy (non-hydrogen) atoms. The number of rotatable bonds is 2. The van der Waals surface area contributed by atoms with Gasteiger partial charge in [-0.3, -0.25) is 0 Å². The Hall–Kier alpha value is -2.00. The van der Waals surface area contributed by atoms with Gasteiger partial charge in [0.15, 0.2) is 0 Å². The molecule has 0 unspecified atom stereocenters. The number of imidazole rings is 1. The van der Waals surface area contributed by atoms with E-state index in [1.54, 1.807) is 6.20 Å². The van der Waals surface area contributed by atoms with Crippen molar-refractivity contribution in [2.24, 2.45) is 0 Å². The molecule has 0 bridgehead atoms. The molecule has 4 heteroatoms. The number of aromatic nitrogens is 2. The number of fused-ring (bicyclic) bond motifs is 1. The van der Waals surface area contributed by atoms with Gasteiger partial charge >= 0.3 is 0 Å². The first kappa shape index (κ1) is 14.0. The van der Waals surface area contributed by atoms with Crippen molar-refractivity contribution in [2.45, 2.75) is 26.2 Å². The first-order valence-corrected chi connectivity index (χ1v) is 7.22. The monoisotopic (exact) mass is 300 g/mol. The van der Waals surface area contributed by atoms with E-state index in [2.05, 4.69) is 31.8 Å². The topological polar surface area (TPSA) is 26.5 Å². The number of hydrogen-bond donors (Lipinski definition) is 0. The van der Waals surface area contributed by atoms with Crippen molar-refractivity contribution in [1.29, 1.82) is 0 Å². The second-order valence-corrected chi connectivity index (χ2v) is 6.46. The van der Waals surface area contributed by atoms with Gasteiger partial charge in [0.2, 0.25) is 0 Å². The van der Waals surface area contributed by atoms with Crippen LogP contribution < -0.4 is 4.74 Å². The fourth-order valence-corrected chi connectivity index (χ4v) is 2.35. The first-order valence-electron chi connectivity index (χ1n) is 6.84. The summed E-state index contributed by atoms with van der Waals surface area (Å²) >= 11 is 6.34. The Balaban J connectivity index is 1.90. The summed E-state index contributed by atoms with van der Waals surface area (Å²) in [6, 6.07) is 9.70. The quantitative estimate of drug-likeness (QED) is 0.660. The Morgan fingerprint density at radius 3 is 2.62 bits per heavy atom. The molecule has 0 saturated heterocycles. The van der Waals surface area contributed by atoms with Gasteiger partial charge in [-0.05, 0) is 29.2 Å². The van der Waals surface area contributed by atoms with Gasteiger partial charge in [0, 0.05) is 24.7 Å². The molecule has 0 spiro atoms. The van der Waals surface area contributed by atoms with E-state index in [4.69, 9.17) is 16.3 Å². The van der Waals surface area contributed by atoms with Crippen LogP contribution in [0.3, 0.4) is 0 Å². The van der Waals surface area contributed by atoms with Crippen LogP contribution in [0.1, 0.15) is 26.3 Å². The van der Waals surface area contributed by atoms with E-state index in [1.807, 2.05) is 41.1 Å². The summed E-state index contributed by atoms with van der Waals surface area (Å²) in [6.07, 6.45) is 5.56. The van der Waals surface area contributed by atoms with Crippen LogP contribution in [0.15, 0.2) is 48.9 Å². The molecule has 0 aliphatic carbocycles. The molecule has 0 saturated carbocycles. The molecule has 0 fully saturated rings. The normalized spacial score (nSPS) is 11.8. The van der Waals surface area contributed by atoms with E-state index < -0.39 is 0 Å². The van der Waals surface area contributed by atoms with Crippen LogP contribution in [0.25, 0.3) is 5.65 Å². The second kappa shape index (κ2) is 5.08. The summed E-state index contributed by atoms with van der Waals surface area (Å²) in [5.41, 5.74) is 2.09. The van der Waals surface area contributed by atoms with Gasteiger partial charge in [-0.25, -0.2) is 4.98 Å². The highest BCUT2D eigenvalue weighted by Gasteiger charge is 2.15. The predicted molar refractivity (Wildman–Crippen MR) is 85.4 cm³/mol. The fraction of sp³-hybridized carbons (Fsp3) is 0.235. The van der Waals surface area contributed by atoms with Crippen LogP contribution in [0.5, 0.6) is 11.5 Å². The first-order chi connectivity index (χ1) is 9.93. The number of ether oxygens (including phenoxy) is 1. The molecule has 108 valence electrons. The lowest BCUT2D eigenvalue weighted by molar-refractivity contribution is 0.481. The average Bonchev–Trinajstić information content (AvgIpc) is 2.87. The summed E-state index contributed by atoms with van der Waals surface area (Å²) in [6.45, 7) is 6.47. The number of benzene rings is 1. The van der Waals surface area contributed by atoms with Gasteiger partial charge in [0.05, 0.1) is 5.02 Å². The van der Waals surface area contributed by atoms with Crippen molar-refractivity contribution in [1.82, 2.24) is 9.38 Å². The Kier molecular flexibility index (Phi) is 3.38. The van der Waals surface area contributed by atoms with Crippen LogP contribution in [0.4, 0.5) is 0 Å². The minimum Gasteiger partial charge on any atom is -0.456 e. The van der Waals surface area contributed by atoms with E-state index in [-0.39, 0.29) is 5.41 Å². The molecule has 0 aliphatic rings. The Morgan fingerprint density at radius 1 is 1.10 bits per heavy atom. The number of nitrogens with zero attached hydrogens (tertiary/aromatic N) is 2. The lowest BCUT2D eigenvalue weighted by Gasteiger charge is -2.20. The van der Waals surface area contributed by atoms with Crippen LogP contribution in [-0.4, -0.2) is 9.38 Å². The summed E-state index contributed by atoms with van der Waals surface area (Å²) in [5.74, 6) is 1.37. The van der Waals surface area contributed by atoms with Gasteiger partial charge in [-0.2, -0.15) is 0 Å². The second-order valence-electron chi connectivity index (χ2n) is 6.05. The van der Waals surface area contributed by atoms with Gasteiger partial charge in [0.1, 0.15) is 17.1 Å². The Bertz CT molecular complexity index is 787. The van der Waals surface area contributed by atoms with Gasteiger partial charge in [-0.15, -0.1) is 0 Å². The van der Waals surface area contributed by atoms with E-state index >= 15 is 0 Å². The van der Waals surface area contributed by atoms with Crippen LogP contribution >= 0.6 is 11.6 Å². The molecule has 0 aliphatic heterocycles. The van der Waals surface area contributed by atoms with Crippen molar-refractivity contribution in [3.8, 4) is 11.5 Å². The van der Waals surface area contributed by atoms with Gasteiger partial charge in [-0.1, -0.05) is 38.4 Å². The van der Waals surface area contributed by atoms with Crippen molar-refractivity contribution >= 4 is 17.2 Å². The van der Waals surface area contributed by atoms with E-state index in [0.29, 0.717) is 10.8 Å². The standard InChI is InChI=1S/C17H17ClN2O/c1-17(2,3)12-4-5-15(14(18)10-12)21-13-6-8-20-9-7-19-16(20)11-13/h4-11H,1-3H3. The Labute approximate surface area is 129 Å². The van der Waals surface area contributed by atoms with E-state index in [1.165, 1.54) is 5.56 Å². The maximum absolute atomic E-state index is 6.34. The number of pyridine rings is 1. The zero-order valence-corrected chi connectivity index (χ0v) is 13.1. The van der Waals surface area contributed by atoms with Crippen LogP contribution in [0.2, 0.25) is 5.02 Å². The molecule has 2 aromatic heterocycles. The number of halogens is 1. The zero-order chi connectivity index (χ0) is 15.0. The smallest absolute Gasteiger partial charge is 0.146 e. The third-order valence-corrected chi connectivity index (χ3v) is 3.69. The minimum atomic E-state index is 0.0664. The molecule has 0 amide bonds. The molecule has 3 aromatic rings. The highest BCUT2D eigenvalue weighted by atomic mass is 35.5. The zero-order valence-electron chi connectivity index (χ0n) is 12.3. The minimum absolute atomic E-state index is 0.0664. The lowest BCUT2D eigenvalue weighted by atomic mass is 9.87. The molecule has 3 rings (SSSR count). The lowest BCUT2D eigenvalue weighted by Crippen LogP contribution is -2.10. The van der Waals surface area contributed by atoms with E-state index in [0.717, 1.165) is 11.4 Å². The molecule has 2 heterocycles. The third kappa shape index (κ3) is 2.88. The van der Waals surface area contributed by atoms with Crippen molar-refractivity contribution < 1.29 is 4.74 Å². The molecule has 3 nitrogen and oxygen atoms in total. The summed E-state index contributed by atoms with van der Waals surface area (Å²) in [5, 5.41) is 0.616. The summed E-state index contributed by atoms with van der Waals surface area (Å²) < 4.78 is 7.80. The van der Waals surface area contributed by atoms with Crippen molar-refractivity contribution in [3.05, 3.63) is 59.5 Å². The maximum Gasteiger partial charge on any atom is 0.146 e. The molecule has 0 N–H and O–H groups in total.